The van der Waals surface area contributed by atoms with Gasteiger partial charge in [0.05, 0.1) is 12.7 Å². The molecule has 2 unspecified atom stereocenters. The van der Waals surface area contributed by atoms with Crippen LogP contribution in [0.5, 0.6) is 0 Å². The number of nitrogens with zero attached hydrogens (tertiary/aromatic N) is 1. The van der Waals surface area contributed by atoms with Gasteiger partial charge in [-0.1, -0.05) is 18.2 Å². The number of hydrogen-bond acceptors (Lipinski definition) is 4. The molecule has 2 atom stereocenters. The number of benzene rings is 2. The predicted molar refractivity (Wildman–Crippen MR) is 101 cm³/mol. The molecule has 0 bridgehead atoms. The van der Waals surface area contributed by atoms with Crippen molar-refractivity contribution in [3.63, 3.8) is 0 Å². The highest BCUT2D eigenvalue weighted by molar-refractivity contribution is 7.17. The lowest BCUT2D eigenvalue weighted by Crippen LogP contribution is -2.51. The van der Waals surface area contributed by atoms with Gasteiger partial charge in [-0.05, 0) is 58.6 Å². The Morgan fingerprint density at radius 2 is 2.04 bits per heavy atom. The van der Waals surface area contributed by atoms with Crippen LogP contribution < -0.4 is 5.11 Å². The lowest BCUT2D eigenvalue weighted by Gasteiger charge is -2.40. The first-order chi connectivity index (χ1) is 13.1. The SMILES string of the molecule is O=C([O-])N1CCC(c2ccc(F)cc2)C(OCc2ccc3sccc3c2)C1. The topological polar surface area (TPSA) is 52.6 Å². The van der Waals surface area contributed by atoms with Crippen molar-refractivity contribution in [3.8, 4) is 0 Å². The minimum atomic E-state index is -1.18. The number of fused-ring (bicyclic) bond motifs is 1. The number of ether oxygens (including phenoxy) is 1. The molecule has 1 fully saturated rings. The molecule has 2 heterocycles. The minimum absolute atomic E-state index is 0.0195. The summed E-state index contributed by atoms with van der Waals surface area (Å²) in [5, 5.41) is 14.5. The molecule has 1 aromatic heterocycles. The number of likely N-dealkylation sites (tertiary alicyclic amines) is 1. The minimum Gasteiger partial charge on any atom is -0.530 e. The van der Waals surface area contributed by atoms with Crippen molar-refractivity contribution < 1.29 is 19.0 Å². The first-order valence-corrected chi connectivity index (χ1v) is 9.77. The lowest BCUT2D eigenvalue weighted by atomic mass is 9.87. The van der Waals surface area contributed by atoms with E-state index in [0.29, 0.717) is 19.6 Å². The van der Waals surface area contributed by atoms with E-state index in [4.69, 9.17) is 4.74 Å². The van der Waals surface area contributed by atoms with Crippen LogP contribution in [0.1, 0.15) is 23.5 Å². The van der Waals surface area contributed by atoms with E-state index in [0.717, 1.165) is 11.1 Å². The van der Waals surface area contributed by atoms with Crippen LogP contribution in [0.15, 0.2) is 53.9 Å². The predicted octanol–water partition coefficient (Wildman–Crippen LogP) is 3.76. The second-order valence-electron chi connectivity index (χ2n) is 6.80. The van der Waals surface area contributed by atoms with Crippen LogP contribution in [-0.2, 0) is 11.3 Å². The fourth-order valence-corrected chi connectivity index (χ4v) is 4.42. The van der Waals surface area contributed by atoms with Crippen LogP contribution in [0, 0.1) is 5.82 Å². The van der Waals surface area contributed by atoms with E-state index in [1.54, 1.807) is 23.5 Å². The Morgan fingerprint density at radius 1 is 1.22 bits per heavy atom. The molecule has 0 saturated carbocycles. The Balaban J connectivity index is 1.52. The summed E-state index contributed by atoms with van der Waals surface area (Å²) in [6.07, 6.45) is -0.866. The summed E-state index contributed by atoms with van der Waals surface area (Å²) in [6, 6.07) is 14.6. The third-order valence-corrected chi connectivity index (χ3v) is 5.99. The molecule has 0 aliphatic carbocycles. The summed E-state index contributed by atoms with van der Waals surface area (Å²) in [5.74, 6) is -0.265. The molecule has 2 aromatic carbocycles. The smallest absolute Gasteiger partial charge is 0.137 e. The fraction of sp³-hybridized carbons (Fsp3) is 0.286. The fourth-order valence-electron chi connectivity index (χ4n) is 3.65. The monoisotopic (exact) mass is 384 g/mol. The van der Waals surface area contributed by atoms with Gasteiger partial charge in [0.15, 0.2) is 0 Å². The number of hydrogen-bond donors (Lipinski definition) is 0. The molecule has 1 aliphatic heterocycles. The summed E-state index contributed by atoms with van der Waals surface area (Å²) >= 11 is 1.69. The number of halogens is 1. The van der Waals surface area contributed by atoms with E-state index in [2.05, 4.69) is 23.6 Å². The zero-order valence-corrected chi connectivity index (χ0v) is 15.5. The second-order valence-corrected chi connectivity index (χ2v) is 7.75. The summed E-state index contributed by atoms with van der Waals surface area (Å²) in [5.41, 5.74) is 2.01. The molecule has 1 amide bonds. The van der Waals surface area contributed by atoms with Crippen molar-refractivity contribution >= 4 is 27.5 Å². The quantitative estimate of drug-likeness (QED) is 0.688. The van der Waals surface area contributed by atoms with Crippen molar-refractivity contribution in [3.05, 3.63) is 70.9 Å². The maximum absolute atomic E-state index is 13.3. The van der Waals surface area contributed by atoms with Gasteiger partial charge in [0, 0.05) is 23.7 Å². The summed E-state index contributed by atoms with van der Waals surface area (Å²) in [7, 11) is 0. The maximum atomic E-state index is 13.3. The maximum Gasteiger partial charge on any atom is 0.137 e. The molecule has 3 aromatic rings. The zero-order valence-electron chi connectivity index (χ0n) is 14.6. The van der Waals surface area contributed by atoms with Crippen LogP contribution in [0.25, 0.3) is 10.1 Å². The number of carbonyl (C=O) groups excluding carboxylic acids is 1. The van der Waals surface area contributed by atoms with Gasteiger partial charge in [0.25, 0.3) is 0 Å². The number of carboxylic acid groups (broad SMARTS) is 1. The molecule has 4 rings (SSSR count). The standard InChI is InChI=1S/C21H20FNO3S/c22-17-4-2-15(3-5-17)18-7-9-23(21(24)25)12-19(18)26-13-14-1-6-20-16(11-14)8-10-27-20/h1-6,8,10-11,18-19H,7,9,12-13H2,(H,24,25)/p-1. The normalized spacial score (nSPS) is 20.1. The highest BCUT2D eigenvalue weighted by atomic mass is 32.1. The van der Waals surface area contributed by atoms with E-state index in [-0.39, 0.29) is 24.4 Å². The highest BCUT2D eigenvalue weighted by Crippen LogP contribution is 2.31. The number of piperidine rings is 1. The zero-order chi connectivity index (χ0) is 18.8. The molecule has 6 heteroatoms. The number of thiophene rings is 1. The van der Waals surface area contributed by atoms with Gasteiger partial charge >= 0.3 is 0 Å². The van der Waals surface area contributed by atoms with Gasteiger partial charge < -0.3 is 19.5 Å². The van der Waals surface area contributed by atoms with Gasteiger partial charge in [-0.3, -0.25) is 0 Å². The van der Waals surface area contributed by atoms with Crippen LogP contribution in [-0.4, -0.2) is 30.2 Å². The van der Waals surface area contributed by atoms with E-state index in [1.807, 2.05) is 6.07 Å². The van der Waals surface area contributed by atoms with Crippen molar-refractivity contribution in [1.29, 1.82) is 0 Å². The number of rotatable bonds is 4. The van der Waals surface area contributed by atoms with Crippen molar-refractivity contribution in [2.24, 2.45) is 0 Å². The molecule has 0 N–H and O–H groups in total. The molecule has 4 nitrogen and oxygen atoms in total. The average molecular weight is 384 g/mol. The Bertz CT molecular complexity index is 940. The van der Waals surface area contributed by atoms with Gasteiger partial charge in [-0.25, -0.2) is 4.39 Å². The third kappa shape index (κ3) is 3.96. The molecular weight excluding hydrogens is 365 g/mol. The van der Waals surface area contributed by atoms with Gasteiger partial charge in [0.1, 0.15) is 11.9 Å². The molecule has 140 valence electrons. The molecule has 27 heavy (non-hydrogen) atoms. The Kier molecular flexibility index (Phi) is 5.09. The van der Waals surface area contributed by atoms with Crippen LogP contribution in [0.3, 0.4) is 0 Å². The first kappa shape index (κ1) is 17.9. The van der Waals surface area contributed by atoms with Gasteiger partial charge in [-0.15, -0.1) is 11.3 Å². The number of carbonyl (C=O) groups is 1. The molecule has 1 aliphatic rings. The highest BCUT2D eigenvalue weighted by Gasteiger charge is 2.31. The van der Waals surface area contributed by atoms with Crippen molar-refractivity contribution in [2.75, 3.05) is 13.1 Å². The Hall–Kier alpha value is -2.44. The van der Waals surface area contributed by atoms with E-state index >= 15 is 0 Å². The summed E-state index contributed by atoms with van der Waals surface area (Å²) in [6.45, 7) is 1.05. The lowest BCUT2D eigenvalue weighted by molar-refractivity contribution is -0.268. The van der Waals surface area contributed by atoms with E-state index in [1.165, 1.54) is 27.1 Å². The van der Waals surface area contributed by atoms with Crippen LogP contribution >= 0.6 is 11.3 Å². The number of amides is 1. The summed E-state index contributed by atoms with van der Waals surface area (Å²) < 4.78 is 20.6. The van der Waals surface area contributed by atoms with Gasteiger partial charge in [0.2, 0.25) is 0 Å². The van der Waals surface area contributed by atoms with Gasteiger partial charge in [-0.2, -0.15) is 0 Å². The van der Waals surface area contributed by atoms with Crippen LogP contribution in [0.4, 0.5) is 9.18 Å². The van der Waals surface area contributed by atoms with Crippen LogP contribution in [0.2, 0.25) is 0 Å². The van der Waals surface area contributed by atoms with Crippen molar-refractivity contribution in [2.45, 2.75) is 25.0 Å². The van der Waals surface area contributed by atoms with E-state index in [9.17, 15) is 14.3 Å². The third-order valence-electron chi connectivity index (χ3n) is 5.10. The average Bonchev–Trinajstić information content (AvgIpc) is 3.14. The Morgan fingerprint density at radius 3 is 2.81 bits per heavy atom. The van der Waals surface area contributed by atoms with Crippen molar-refractivity contribution in [1.82, 2.24) is 4.90 Å². The molecular formula is C21H19FNO3S-. The summed E-state index contributed by atoms with van der Waals surface area (Å²) in [4.78, 5) is 12.6. The molecule has 0 spiro atoms. The molecule has 1 saturated heterocycles. The first-order valence-electron chi connectivity index (χ1n) is 8.89. The molecule has 0 radical (unpaired) electrons. The Labute approximate surface area is 160 Å². The second kappa shape index (κ2) is 7.66. The van der Waals surface area contributed by atoms with E-state index < -0.39 is 6.09 Å². The largest absolute Gasteiger partial charge is 0.530 e.